The maximum Gasteiger partial charge on any atom is 0.309 e. The predicted molar refractivity (Wildman–Crippen MR) is 75.7 cm³/mol. The molecular formula is C11H9ClN2O4S2. The van der Waals surface area contributed by atoms with Gasteiger partial charge in [-0.05, 0) is 24.3 Å². The molecule has 6 nitrogen and oxygen atoms in total. The van der Waals surface area contributed by atoms with Gasteiger partial charge in [0.1, 0.15) is 4.21 Å². The third-order valence-corrected chi connectivity index (χ3v) is 5.33. The summed E-state index contributed by atoms with van der Waals surface area (Å²) in [6.07, 6.45) is 1.05. The van der Waals surface area contributed by atoms with Crippen LogP contribution in [0.3, 0.4) is 0 Å². The third-order valence-electron chi connectivity index (χ3n) is 2.22. The Morgan fingerprint density at radius 3 is 2.60 bits per heavy atom. The Hall–Kier alpha value is -1.64. The average Bonchev–Trinajstić information content (AvgIpc) is 2.78. The van der Waals surface area contributed by atoms with Crippen molar-refractivity contribution < 1.29 is 18.3 Å². The van der Waals surface area contributed by atoms with E-state index in [4.69, 9.17) is 16.7 Å². The fourth-order valence-electron chi connectivity index (χ4n) is 1.39. The van der Waals surface area contributed by atoms with Gasteiger partial charge in [-0.2, -0.15) is 0 Å². The molecule has 0 aliphatic heterocycles. The second-order valence-corrected chi connectivity index (χ2v) is 7.40. The molecule has 9 heteroatoms. The van der Waals surface area contributed by atoms with Crippen LogP contribution in [0.25, 0.3) is 0 Å². The number of pyridine rings is 1. The lowest BCUT2D eigenvalue weighted by molar-refractivity contribution is -0.136. The molecule has 0 fully saturated rings. The number of carbonyl (C=O) groups is 1. The summed E-state index contributed by atoms with van der Waals surface area (Å²) in [5, 5.41) is 8.61. The zero-order valence-corrected chi connectivity index (χ0v) is 12.3. The number of halogens is 1. The summed E-state index contributed by atoms with van der Waals surface area (Å²) in [6.45, 7) is 0. The van der Waals surface area contributed by atoms with E-state index in [-0.39, 0.29) is 16.3 Å². The number of nitrogens with zero attached hydrogens (tertiary/aromatic N) is 1. The first-order valence-electron chi connectivity index (χ1n) is 5.32. The van der Waals surface area contributed by atoms with Crippen LogP contribution in [0, 0.1) is 0 Å². The number of aliphatic carboxylic acids is 1. The van der Waals surface area contributed by atoms with Gasteiger partial charge >= 0.3 is 5.97 Å². The monoisotopic (exact) mass is 332 g/mol. The zero-order chi connectivity index (χ0) is 14.8. The first-order valence-corrected chi connectivity index (χ1v) is 7.99. The molecule has 106 valence electrons. The van der Waals surface area contributed by atoms with Crippen LogP contribution in [0.2, 0.25) is 4.34 Å². The number of anilines is 1. The molecule has 2 heterocycles. The van der Waals surface area contributed by atoms with Gasteiger partial charge in [-0.25, -0.2) is 8.42 Å². The molecular weight excluding hydrogens is 324 g/mol. The highest BCUT2D eigenvalue weighted by atomic mass is 35.5. The van der Waals surface area contributed by atoms with Crippen molar-refractivity contribution in [1.82, 2.24) is 4.98 Å². The Morgan fingerprint density at radius 1 is 1.35 bits per heavy atom. The van der Waals surface area contributed by atoms with E-state index < -0.39 is 16.0 Å². The second-order valence-electron chi connectivity index (χ2n) is 3.77. The Bertz CT molecular complexity index is 725. The van der Waals surface area contributed by atoms with Crippen molar-refractivity contribution in [3.63, 3.8) is 0 Å². The van der Waals surface area contributed by atoms with Gasteiger partial charge < -0.3 is 5.11 Å². The van der Waals surface area contributed by atoms with E-state index in [0.717, 1.165) is 11.3 Å². The van der Waals surface area contributed by atoms with Crippen LogP contribution in [-0.2, 0) is 21.2 Å². The highest BCUT2D eigenvalue weighted by Crippen LogP contribution is 2.27. The Labute approximate surface area is 124 Å². The number of rotatable bonds is 5. The van der Waals surface area contributed by atoms with E-state index in [1.807, 2.05) is 0 Å². The van der Waals surface area contributed by atoms with E-state index in [9.17, 15) is 13.2 Å². The number of nitrogens with one attached hydrogen (secondary N) is 1. The number of hydrogen-bond donors (Lipinski definition) is 2. The first kappa shape index (κ1) is 14.8. The van der Waals surface area contributed by atoms with E-state index in [1.165, 1.54) is 30.5 Å². The van der Waals surface area contributed by atoms with Crippen LogP contribution >= 0.6 is 22.9 Å². The molecule has 0 aliphatic carbocycles. The van der Waals surface area contributed by atoms with Gasteiger partial charge in [0.2, 0.25) is 0 Å². The Morgan fingerprint density at radius 2 is 2.10 bits per heavy atom. The predicted octanol–water partition coefficient (Wildman–Crippen LogP) is 2.22. The van der Waals surface area contributed by atoms with Crippen LogP contribution < -0.4 is 4.72 Å². The van der Waals surface area contributed by atoms with E-state index in [2.05, 4.69) is 9.71 Å². The average molecular weight is 333 g/mol. The van der Waals surface area contributed by atoms with Crippen LogP contribution in [0.5, 0.6) is 0 Å². The maximum atomic E-state index is 12.0. The van der Waals surface area contributed by atoms with Gasteiger partial charge in [-0.15, -0.1) is 11.3 Å². The summed E-state index contributed by atoms with van der Waals surface area (Å²) in [6, 6.07) is 5.81. The fourth-order valence-corrected chi connectivity index (χ4v) is 3.92. The molecule has 0 saturated carbocycles. The molecule has 2 aromatic heterocycles. The number of hydrogen-bond acceptors (Lipinski definition) is 5. The van der Waals surface area contributed by atoms with Crippen molar-refractivity contribution in [3.8, 4) is 0 Å². The molecule has 0 saturated heterocycles. The molecule has 0 atom stereocenters. The van der Waals surface area contributed by atoms with Crippen molar-refractivity contribution in [2.45, 2.75) is 10.6 Å². The quantitative estimate of drug-likeness (QED) is 0.875. The number of aromatic nitrogens is 1. The SMILES string of the molecule is O=C(O)Cc1ccc(NS(=O)(=O)c2ccc(Cl)s2)cn1. The summed E-state index contributed by atoms with van der Waals surface area (Å²) >= 11 is 6.64. The topological polar surface area (TPSA) is 96.4 Å². The summed E-state index contributed by atoms with van der Waals surface area (Å²) < 4.78 is 26.8. The standard InChI is InChI=1S/C11H9ClN2O4S2/c12-9-3-4-11(19-9)20(17,18)14-8-2-1-7(13-6-8)5-10(15)16/h1-4,6,14H,5H2,(H,15,16). The normalized spacial score (nSPS) is 11.2. The van der Waals surface area contributed by atoms with Gasteiger partial charge in [0.25, 0.3) is 10.0 Å². The lowest BCUT2D eigenvalue weighted by Gasteiger charge is -2.06. The van der Waals surface area contributed by atoms with Crippen molar-refractivity contribution in [1.29, 1.82) is 0 Å². The van der Waals surface area contributed by atoms with E-state index in [1.54, 1.807) is 0 Å². The molecule has 2 rings (SSSR count). The van der Waals surface area contributed by atoms with Crippen molar-refractivity contribution in [2.75, 3.05) is 4.72 Å². The smallest absolute Gasteiger partial charge is 0.309 e. The number of carboxylic acid groups (broad SMARTS) is 1. The van der Waals surface area contributed by atoms with Crippen LogP contribution in [0.4, 0.5) is 5.69 Å². The molecule has 20 heavy (non-hydrogen) atoms. The summed E-state index contributed by atoms with van der Waals surface area (Å²) in [5.74, 6) is -1.00. The second kappa shape index (κ2) is 5.78. The molecule has 0 aliphatic rings. The van der Waals surface area contributed by atoms with Gasteiger partial charge in [0.15, 0.2) is 0 Å². The highest BCUT2D eigenvalue weighted by molar-refractivity contribution is 7.94. The molecule has 0 bridgehead atoms. The molecule has 0 unspecified atom stereocenters. The van der Waals surface area contributed by atoms with E-state index >= 15 is 0 Å². The van der Waals surface area contributed by atoms with Crippen LogP contribution in [-0.4, -0.2) is 24.5 Å². The molecule has 2 N–H and O–H groups in total. The minimum Gasteiger partial charge on any atom is -0.481 e. The minimum absolute atomic E-state index is 0.0945. The largest absolute Gasteiger partial charge is 0.481 e. The molecule has 0 spiro atoms. The number of thiophene rings is 1. The number of carboxylic acids is 1. The minimum atomic E-state index is -3.70. The fraction of sp³-hybridized carbons (Fsp3) is 0.0909. The first-order chi connectivity index (χ1) is 9.37. The highest BCUT2D eigenvalue weighted by Gasteiger charge is 2.16. The lowest BCUT2D eigenvalue weighted by atomic mass is 10.3. The summed E-state index contributed by atoms with van der Waals surface area (Å²) in [7, 11) is -3.70. The van der Waals surface area contributed by atoms with Crippen molar-refractivity contribution in [2.24, 2.45) is 0 Å². The van der Waals surface area contributed by atoms with Crippen molar-refractivity contribution >= 4 is 44.6 Å². The molecule has 0 aromatic carbocycles. The van der Waals surface area contributed by atoms with Crippen LogP contribution in [0.15, 0.2) is 34.7 Å². The zero-order valence-electron chi connectivity index (χ0n) is 9.91. The summed E-state index contributed by atoms with van der Waals surface area (Å²) in [5.41, 5.74) is 0.600. The van der Waals surface area contributed by atoms with Gasteiger partial charge in [-0.1, -0.05) is 11.6 Å². The molecule has 2 aromatic rings. The third kappa shape index (κ3) is 3.69. The Balaban J connectivity index is 2.15. The van der Waals surface area contributed by atoms with E-state index in [0.29, 0.717) is 10.0 Å². The van der Waals surface area contributed by atoms with Crippen LogP contribution in [0.1, 0.15) is 5.69 Å². The maximum absolute atomic E-state index is 12.0. The Kier molecular flexibility index (Phi) is 4.26. The number of sulfonamides is 1. The molecule has 0 radical (unpaired) electrons. The molecule has 0 amide bonds. The van der Waals surface area contributed by atoms with Gasteiger partial charge in [0, 0.05) is 0 Å². The van der Waals surface area contributed by atoms with Gasteiger partial charge in [0.05, 0.1) is 28.3 Å². The van der Waals surface area contributed by atoms with Gasteiger partial charge in [-0.3, -0.25) is 14.5 Å². The lowest BCUT2D eigenvalue weighted by Crippen LogP contribution is -2.12. The van der Waals surface area contributed by atoms with Crippen molar-refractivity contribution in [3.05, 3.63) is 40.5 Å². The summed E-state index contributed by atoms with van der Waals surface area (Å²) in [4.78, 5) is 14.4.